The Morgan fingerprint density at radius 1 is 1.19 bits per heavy atom. The number of anilines is 1. The van der Waals surface area contributed by atoms with Gasteiger partial charge in [-0.2, -0.15) is 5.10 Å². The van der Waals surface area contributed by atoms with Gasteiger partial charge in [-0.1, -0.05) is 18.2 Å². The fourth-order valence-corrected chi connectivity index (χ4v) is 2.22. The van der Waals surface area contributed by atoms with Crippen LogP contribution >= 0.6 is 0 Å². The maximum atomic E-state index is 11.5. The SMILES string of the molecule is COc1cccc(-c2c(N)n[nH]c2-c2cccc(=O)[nH]2)c1. The van der Waals surface area contributed by atoms with E-state index < -0.39 is 0 Å². The van der Waals surface area contributed by atoms with E-state index in [0.717, 1.165) is 16.9 Å². The van der Waals surface area contributed by atoms with Crippen molar-refractivity contribution >= 4 is 5.82 Å². The Kier molecular flexibility index (Phi) is 3.19. The first-order chi connectivity index (χ1) is 10.2. The zero-order chi connectivity index (χ0) is 14.8. The summed E-state index contributed by atoms with van der Waals surface area (Å²) in [6, 6.07) is 12.4. The van der Waals surface area contributed by atoms with E-state index in [1.165, 1.54) is 6.07 Å². The van der Waals surface area contributed by atoms with E-state index in [-0.39, 0.29) is 5.56 Å². The molecule has 0 spiro atoms. The Hall–Kier alpha value is -3.02. The molecule has 0 fully saturated rings. The van der Waals surface area contributed by atoms with Gasteiger partial charge in [0.2, 0.25) is 5.56 Å². The summed E-state index contributed by atoms with van der Waals surface area (Å²) in [6.45, 7) is 0. The van der Waals surface area contributed by atoms with Crippen LogP contribution in [0.15, 0.2) is 47.3 Å². The molecule has 2 aromatic heterocycles. The fraction of sp³-hybridized carbons (Fsp3) is 0.0667. The minimum absolute atomic E-state index is 0.183. The third-order valence-electron chi connectivity index (χ3n) is 3.19. The molecule has 0 aliphatic carbocycles. The molecule has 4 N–H and O–H groups in total. The van der Waals surface area contributed by atoms with Crippen LogP contribution in [0.5, 0.6) is 5.75 Å². The van der Waals surface area contributed by atoms with Gasteiger partial charge < -0.3 is 15.5 Å². The molecule has 0 unspecified atom stereocenters. The van der Waals surface area contributed by atoms with Gasteiger partial charge in [0.05, 0.1) is 24.1 Å². The van der Waals surface area contributed by atoms with Gasteiger partial charge in [0.15, 0.2) is 5.82 Å². The van der Waals surface area contributed by atoms with Crippen LogP contribution in [0.3, 0.4) is 0 Å². The van der Waals surface area contributed by atoms with Crippen molar-refractivity contribution in [2.75, 3.05) is 12.8 Å². The second-order valence-corrected chi connectivity index (χ2v) is 4.52. The van der Waals surface area contributed by atoms with Gasteiger partial charge in [0.25, 0.3) is 0 Å². The molecular weight excluding hydrogens is 268 g/mol. The van der Waals surface area contributed by atoms with Gasteiger partial charge in [0.1, 0.15) is 5.75 Å². The number of hydrogen-bond donors (Lipinski definition) is 3. The molecule has 0 radical (unpaired) electrons. The molecule has 6 nitrogen and oxygen atoms in total. The summed E-state index contributed by atoms with van der Waals surface area (Å²) in [5.41, 5.74) is 8.67. The molecule has 106 valence electrons. The van der Waals surface area contributed by atoms with E-state index in [0.29, 0.717) is 17.2 Å². The smallest absolute Gasteiger partial charge is 0.248 e. The quantitative estimate of drug-likeness (QED) is 0.684. The number of hydrogen-bond acceptors (Lipinski definition) is 4. The Morgan fingerprint density at radius 3 is 2.76 bits per heavy atom. The number of nitrogens with one attached hydrogen (secondary N) is 2. The Labute approximate surface area is 120 Å². The molecule has 0 aliphatic heterocycles. The lowest BCUT2D eigenvalue weighted by Gasteiger charge is -2.06. The Morgan fingerprint density at radius 2 is 2.00 bits per heavy atom. The van der Waals surface area contributed by atoms with Gasteiger partial charge >= 0.3 is 0 Å². The molecule has 0 saturated carbocycles. The van der Waals surface area contributed by atoms with Crippen LogP contribution in [-0.2, 0) is 0 Å². The topological polar surface area (TPSA) is 96.8 Å². The monoisotopic (exact) mass is 282 g/mol. The lowest BCUT2D eigenvalue weighted by atomic mass is 10.0. The standard InChI is InChI=1S/C15H14N4O2/c1-21-10-5-2-4-9(8-10)13-14(18-19-15(13)16)11-6-3-7-12(20)17-11/h2-8H,1H3,(H,17,20)(H3,16,18,19). The third-order valence-corrected chi connectivity index (χ3v) is 3.19. The van der Waals surface area contributed by atoms with Crippen molar-refractivity contribution in [3.05, 3.63) is 52.8 Å². The van der Waals surface area contributed by atoms with Crippen molar-refractivity contribution in [1.82, 2.24) is 15.2 Å². The number of rotatable bonds is 3. The number of pyridine rings is 1. The lowest BCUT2D eigenvalue weighted by molar-refractivity contribution is 0.415. The summed E-state index contributed by atoms with van der Waals surface area (Å²) in [5, 5.41) is 6.91. The van der Waals surface area contributed by atoms with Crippen molar-refractivity contribution in [3.63, 3.8) is 0 Å². The number of H-pyrrole nitrogens is 2. The maximum absolute atomic E-state index is 11.5. The second kappa shape index (κ2) is 5.16. The summed E-state index contributed by atoms with van der Waals surface area (Å²) in [5.74, 6) is 1.09. The van der Waals surface area contributed by atoms with Crippen molar-refractivity contribution < 1.29 is 4.74 Å². The highest BCUT2D eigenvalue weighted by Gasteiger charge is 2.15. The average molecular weight is 282 g/mol. The molecule has 0 atom stereocenters. The van der Waals surface area contributed by atoms with Crippen LogP contribution in [0.4, 0.5) is 5.82 Å². The van der Waals surface area contributed by atoms with Crippen LogP contribution in [0.1, 0.15) is 0 Å². The maximum Gasteiger partial charge on any atom is 0.248 e. The minimum atomic E-state index is -0.183. The molecule has 0 amide bonds. The highest BCUT2D eigenvalue weighted by Crippen LogP contribution is 2.34. The molecule has 0 aliphatic rings. The third kappa shape index (κ3) is 2.38. The summed E-state index contributed by atoms with van der Waals surface area (Å²) in [4.78, 5) is 14.2. The molecule has 1 aromatic carbocycles. The zero-order valence-corrected chi connectivity index (χ0v) is 11.4. The number of nitrogen functional groups attached to an aromatic ring is 1. The van der Waals surface area contributed by atoms with Crippen LogP contribution in [0, 0.1) is 0 Å². The molecule has 3 aromatic rings. The molecule has 3 rings (SSSR count). The first kappa shape index (κ1) is 13.0. The predicted molar refractivity (Wildman–Crippen MR) is 81.0 cm³/mol. The zero-order valence-electron chi connectivity index (χ0n) is 11.4. The van der Waals surface area contributed by atoms with Gasteiger partial charge in [-0.3, -0.25) is 9.89 Å². The highest BCUT2D eigenvalue weighted by atomic mass is 16.5. The average Bonchev–Trinajstić information content (AvgIpc) is 2.89. The predicted octanol–water partition coefficient (Wildman–Crippen LogP) is 2.02. The fourth-order valence-electron chi connectivity index (χ4n) is 2.22. The van der Waals surface area contributed by atoms with E-state index in [1.54, 1.807) is 19.2 Å². The number of nitrogens with zero attached hydrogens (tertiary/aromatic N) is 1. The van der Waals surface area contributed by atoms with Crippen LogP contribution in [0.2, 0.25) is 0 Å². The Balaban J connectivity index is 2.19. The van der Waals surface area contributed by atoms with Crippen molar-refractivity contribution in [1.29, 1.82) is 0 Å². The summed E-state index contributed by atoms with van der Waals surface area (Å²) in [6.07, 6.45) is 0. The van der Waals surface area contributed by atoms with Crippen LogP contribution < -0.4 is 16.0 Å². The number of aromatic amines is 2. The van der Waals surface area contributed by atoms with E-state index >= 15 is 0 Å². The minimum Gasteiger partial charge on any atom is -0.497 e. The largest absolute Gasteiger partial charge is 0.497 e. The number of ether oxygens (including phenoxy) is 1. The summed E-state index contributed by atoms with van der Waals surface area (Å²) in [7, 11) is 1.60. The molecule has 21 heavy (non-hydrogen) atoms. The number of aromatic nitrogens is 3. The lowest BCUT2D eigenvalue weighted by Crippen LogP contribution is -2.04. The molecule has 0 bridgehead atoms. The van der Waals surface area contributed by atoms with Gasteiger partial charge in [-0.15, -0.1) is 0 Å². The normalized spacial score (nSPS) is 10.5. The summed E-state index contributed by atoms with van der Waals surface area (Å²) < 4.78 is 5.23. The molecule has 2 heterocycles. The molecule has 0 saturated heterocycles. The van der Waals surface area contributed by atoms with E-state index in [4.69, 9.17) is 10.5 Å². The Bertz CT molecular complexity index is 835. The van der Waals surface area contributed by atoms with Crippen molar-refractivity contribution in [2.24, 2.45) is 0 Å². The van der Waals surface area contributed by atoms with Gasteiger partial charge in [-0.25, -0.2) is 0 Å². The second-order valence-electron chi connectivity index (χ2n) is 4.52. The highest BCUT2D eigenvalue weighted by molar-refractivity contribution is 5.87. The number of methoxy groups -OCH3 is 1. The van der Waals surface area contributed by atoms with E-state index in [2.05, 4.69) is 15.2 Å². The van der Waals surface area contributed by atoms with Crippen LogP contribution in [-0.4, -0.2) is 22.3 Å². The summed E-state index contributed by atoms with van der Waals surface area (Å²) >= 11 is 0. The van der Waals surface area contributed by atoms with Crippen molar-refractivity contribution in [2.45, 2.75) is 0 Å². The van der Waals surface area contributed by atoms with Gasteiger partial charge in [0, 0.05) is 6.07 Å². The number of nitrogens with two attached hydrogens (primary N) is 1. The first-order valence-corrected chi connectivity index (χ1v) is 6.37. The molecular formula is C15H14N4O2. The van der Waals surface area contributed by atoms with E-state index in [1.807, 2.05) is 24.3 Å². The number of benzene rings is 1. The van der Waals surface area contributed by atoms with E-state index in [9.17, 15) is 4.79 Å². The molecule has 6 heteroatoms. The first-order valence-electron chi connectivity index (χ1n) is 6.37. The van der Waals surface area contributed by atoms with Gasteiger partial charge in [-0.05, 0) is 23.8 Å². The van der Waals surface area contributed by atoms with Crippen molar-refractivity contribution in [3.8, 4) is 28.3 Å². The van der Waals surface area contributed by atoms with Crippen LogP contribution in [0.25, 0.3) is 22.5 Å².